The van der Waals surface area contributed by atoms with E-state index in [0.29, 0.717) is 0 Å². The van der Waals surface area contributed by atoms with Crippen LogP contribution in [0.1, 0.15) is 79.1 Å². The minimum Gasteiger partial charge on any atom is -0.372 e. The molecular weight excluding hydrogens is 286 g/mol. The lowest BCUT2D eigenvalue weighted by atomic mass is 9.90. The van der Waals surface area contributed by atoms with Crippen LogP contribution in [0.2, 0.25) is 0 Å². The highest BCUT2D eigenvalue weighted by atomic mass is 16.5. The molecular formula is C20H37NO2. The average molecular weight is 324 g/mol. The first-order valence-corrected chi connectivity index (χ1v) is 9.50. The first-order valence-electron chi connectivity index (χ1n) is 9.50. The Bertz CT molecular complexity index is 383. The van der Waals surface area contributed by atoms with E-state index in [4.69, 9.17) is 4.74 Å². The second-order valence-corrected chi connectivity index (χ2v) is 7.38. The number of rotatable bonds is 10. The lowest BCUT2D eigenvalue weighted by Crippen LogP contribution is -2.42. The molecule has 0 aromatic heterocycles. The molecule has 1 heterocycles. The third-order valence-electron chi connectivity index (χ3n) is 5.04. The summed E-state index contributed by atoms with van der Waals surface area (Å²) in [6, 6.07) is 0. The highest BCUT2D eigenvalue weighted by Crippen LogP contribution is 2.32. The Kier molecular flexibility index (Phi) is 8.90. The van der Waals surface area contributed by atoms with Crippen molar-refractivity contribution in [2.24, 2.45) is 5.92 Å². The number of ketones is 1. The molecule has 0 aliphatic carbocycles. The summed E-state index contributed by atoms with van der Waals surface area (Å²) >= 11 is 0. The minimum absolute atomic E-state index is 0.0380. The van der Waals surface area contributed by atoms with Gasteiger partial charge < -0.3 is 9.64 Å². The van der Waals surface area contributed by atoms with Gasteiger partial charge in [-0.1, -0.05) is 46.5 Å². The number of piperidine rings is 1. The molecule has 0 N–H and O–H groups in total. The van der Waals surface area contributed by atoms with E-state index in [9.17, 15) is 4.79 Å². The van der Waals surface area contributed by atoms with Gasteiger partial charge in [-0.15, -0.1) is 0 Å². The van der Waals surface area contributed by atoms with Crippen LogP contribution >= 0.6 is 0 Å². The van der Waals surface area contributed by atoms with Crippen molar-refractivity contribution >= 4 is 5.78 Å². The smallest absolute Gasteiger partial charge is 0.160 e. The summed E-state index contributed by atoms with van der Waals surface area (Å²) < 4.78 is 5.95. The van der Waals surface area contributed by atoms with E-state index in [1.54, 1.807) is 7.11 Å². The van der Waals surface area contributed by atoms with Crippen molar-refractivity contribution in [3.63, 3.8) is 0 Å². The van der Waals surface area contributed by atoms with Crippen LogP contribution in [0.4, 0.5) is 0 Å². The normalized spacial score (nSPS) is 19.0. The number of ether oxygens (including phenoxy) is 1. The van der Waals surface area contributed by atoms with Crippen molar-refractivity contribution in [3.8, 4) is 0 Å². The Morgan fingerprint density at radius 1 is 1.17 bits per heavy atom. The van der Waals surface area contributed by atoms with Crippen LogP contribution in [0.5, 0.6) is 0 Å². The largest absolute Gasteiger partial charge is 0.372 e. The Hall–Kier alpha value is -0.830. The quantitative estimate of drug-likeness (QED) is 0.420. The van der Waals surface area contributed by atoms with Crippen molar-refractivity contribution in [2.75, 3.05) is 20.2 Å². The molecule has 1 aliphatic rings. The van der Waals surface area contributed by atoms with Crippen molar-refractivity contribution in [3.05, 3.63) is 11.8 Å². The van der Waals surface area contributed by atoms with E-state index in [-0.39, 0.29) is 17.3 Å². The molecule has 23 heavy (non-hydrogen) atoms. The van der Waals surface area contributed by atoms with E-state index in [1.807, 2.05) is 19.9 Å². The maximum absolute atomic E-state index is 12.4. The standard InChI is InChI=1S/C20H37NO2/c1-6-7-8-10-13-20(4,23-5)19(16-18(22)17(2)3)21-14-11-9-12-15-21/h16-17H,6-15H2,1-5H3/b19-16-. The van der Waals surface area contributed by atoms with E-state index in [0.717, 1.165) is 31.6 Å². The van der Waals surface area contributed by atoms with Crippen LogP contribution in [0.25, 0.3) is 0 Å². The fourth-order valence-corrected chi connectivity index (χ4v) is 3.24. The van der Waals surface area contributed by atoms with Gasteiger partial charge >= 0.3 is 0 Å². The summed E-state index contributed by atoms with van der Waals surface area (Å²) in [6.07, 6.45) is 11.5. The third-order valence-corrected chi connectivity index (χ3v) is 5.04. The lowest BCUT2D eigenvalue weighted by Gasteiger charge is -2.41. The zero-order valence-corrected chi connectivity index (χ0v) is 16.0. The van der Waals surface area contributed by atoms with E-state index in [2.05, 4.69) is 18.7 Å². The predicted octanol–water partition coefficient (Wildman–Crippen LogP) is 4.96. The van der Waals surface area contributed by atoms with Crippen LogP contribution in [0.3, 0.4) is 0 Å². The molecule has 0 amide bonds. The average Bonchev–Trinajstić information content (AvgIpc) is 2.56. The van der Waals surface area contributed by atoms with Gasteiger partial charge in [-0.05, 0) is 32.6 Å². The molecule has 1 saturated heterocycles. The number of likely N-dealkylation sites (tertiary alicyclic amines) is 1. The van der Waals surface area contributed by atoms with E-state index in [1.165, 1.54) is 38.5 Å². The summed E-state index contributed by atoms with van der Waals surface area (Å²) in [5.74, 6) is 0.249. The van der Waals surface area contributed by atoms with Crippen LogP contribution in [-0.2, 0) is 9.53 Å². The number of methoxy groups -OCH3 is 1. The molecule has 1 aliphatic heterocycles. The molecule has 0 saturated carbocycles. The maximum Gasteiger partial charge on any atom is 0.160 e. The van der Waals surface area contributed by atoms with Crippen LogP contribution in [0, 0.1) is 5.92 Å². The molecule has 0 aromatic rings. The SMILES string of the molecule is CCCCCCC(C)(OC)/C(=C/C(=O)C(C)C)N1CCCCC1. The lowest BCUT2D eigenvalue weighted by molar-refractivity contribution is -0.117. The van der Waals surface area contributed by atoms with Crippen LogP contribution in [-0.4, -0.2) is 36.5 Å². The van der Waals surface area contributed by atoms with Gasteiger partial charge in [0.2, 0.25) is 0 Å². The molecule has 0 spiro atoms. The molecule has 1 rings (SSSR count). The highest BCUT2D eigenvalue weighted by Gasteiger charge is 2.33. The highest BCUT2D eigenvalue weighted by molar-refractivity contribution is 5.92. The van der Waals surface area contributed by atoms with Crippen molar-refractivity contribution < 1.29 is 9.53 Å². The predicted molar refractivity (Wildman–Crippen MR) is 97.5 cm³/mol. The number of carbonyl (C=O) groups excluding carboxylic acids is 1. The summed E-state index contributed by atoms with van der Waals surface area (Å²) in [5.41, 5.74) is 0.755. The number of hydrogen-bond acceptors (Lipinski definition) is 3. The fraction of sp³-hybridized carbons (Fsp3) is 0.850. The van der Waals surface area contributed by atoms with Gasteiger partial charge in [0.1, 0.15) is 5.60 Å². The van der Waals surface area contributed by atoms with Gasteiger partial charge in [-0.2, -0.15) is 0 Å². The Morgan fingerprint density at radius 3 is 2.35 bits per heavy atom. The van der Waals surface area contributed by atoms with Crippen LogP contribution in [0.15, 0.2) is 11.8 Å². The number of allylic oxidation sites excluding steroid dienone is 1. The molecule has 1 unspecified atom stereocenters. The Balaban J connectivity index is 2.95. The first kappa shape index (κ1) is 20.2. The number of hydrogen-bond donors (Lipinski definition) is 0. The van der Waals surface area contributed by atoms with E-state index >= 15 is 0 Å². The Labute approximate surface area is 143 Å². The van der Waals surface area contributed by atoms with Crippen molar-refractivity contribution in [2.45, 2.75) is 84.7 Å². The molecule has 0 aromatic carbocycles. The molecule has 3 nitrogen and oxygen atoms in total. The van der Waals surface area contributed by atoms with Gasteiger partial charge in [0, 0.05) is 37.9 Å². The van der Waals surface area contributed by atoms with E-state index < -0.39 is 0 Å². The number of nitrogens with zero attached hydrogens (tertiary/aromatic N) is 1. The zero-order chi connectivity index (χ0) is 17.3. The van der Waals surface area contributed by atoms with Crippen molar-refractivity contribution in [1.82, 2.24) is 4.90 Å². The Morgan fingerprint density at radius 2 is 1.83 bits per heavy atom. The zero-order valence-electron chi connectivity index (χ0n) is 16.0. The minimum atomic E-state index is -0.352. The summed E-state index contributed by atoms with van der Waals surface area (Å²) in [7, 11) is 1.79. The molecule has 1 fully saturated rings. The summed E-state index contributed by atoms with van der Waals surface area (Å²) in [4.78, 5) is 14.8. The molecule has 0 bridgehead atoms. The van der Waals surface area contributed by atoms with Gasteiger partial charge in [0.05, 0.1) is 0 Å². The van der Waals surface area contributed by atoms with Gasteiger partial charge in [-0.3, -0.25) is 4.79 Å². The molecule has 3 heteroatoms. The fourth-order valence-electron chi connectivity index (χ4n) is 3.24. The molecule has 0 radical (unpaired) electrons. The van der Waals surface area contributed by atoms with Gasteiger partial charge in [-0.25, -0.2) is 0 Å². The molecule has 134 valence electrons. The second kappa shape index (κ2) is 10.1. The monoisotopic (exact) mass is 323 g/mol. The van der Waals surface area contributed by atoms with Gasteiger partial charge in [0.25, 0.3) is 0 Å². The number of carbonyl (C=O) groups is 1. The molecule has 1 atom stereocenters. The maximum atomic E-state index is 12.4. The first-order chi connectivity index (χ1) is 10.9. The second-order valence-electron chi connectivity index (χ2n) is 7.38. The van der Waals surface area contributed by atoms with Crippen LogP contribution < -0.4 is 0 Å². The summed E-state index contributed by atoms with van der Waals surface area (Å²) in [6.45, 7) is 10.4. The van der Waals surface area contributed by atoms with Gasteiger partial charge in [0.15, 0.2) is 5.78 Å². The third kappa shape index (κ3) is 6.29. The number of unbranched alkanes of at least 4 members (excludes halogenated alkanes) is 3. The van der Waals surface area contributed by atoms with Crippen molar-refractivity contribution in [1.29, 1.82) is 0 Å². The topological polar surface area (TPSA) is 29.5 Å². The summed E-state index contributed by atoms with van der Waals surface area (Å²) in [5, 5.41) is 0.